The molecule has 4 N–H and O–H groups in total. The maximum Gasteiger partial charge on any atom is 0.340 e. The van der Waals surface area contributed by atoms with E-state index in [0.717, 1.165) is 122 Å². The molecule has 2 saturated heterocycles. The van der Waals surface area contributed by atoms with Crippen LogP contribution in [0.2, 0.25) is 0 Å². The van der Waals surface area contributed by atoms with E-state index in [2.05, 4.69) is 90.6 Å². The van der Waals surface area contributed by atoms with Gasteiger partial charge in [-0.2, -0.15) is 0 Å². The van der Waals surface area contributed by atoms with Crippen LogP contribution in [-0.4, -0.2) is 42.8 Å². The van der Waals surface area contributed by atoms with E-state index in [0.29, 0.717) is 23.7 Å². The lowest BCUT2D eigenvalue weighted by Crippen LogP contribution is -2.52. The number of cyclic esters (lactones) is 2. The molecule has 362 valence electrons. The van der Waals surface area contributed by atoms with E-state index in [1.165, 1.54) is 80.9 Å². The minimum atomic E-state index is -0.827. The fourth-order valence-electron chi connectivity index (χ4n) is 16.4. The number of carbonyl (C=O) groups excluding carboxylic acids is 2. The van der Waals surface area contributed by atoms with Crippen LogP contribution in [0.3, 0.4) is 0 Å². The first-order valence-electron chi connectivity index (χ1n) is 27.2. The van der Waals surface area contributed by atoms with Gasteiger partial charge >= 0.3 is 11.9 Å². The Balaban J connectivity index is 0.985. The van der Waals surface area contributed by atoms with E-state index in [-0.39, 0.29) is 46.8 Å². The number of ether oxygens (including phenoxy) is 2. The molecule has 1 spiro atoms. The van der Waals surface area contributed by atoms with Crippen LogP contribution < -0.4 is 16.0 Å². The van der Waals surface area contributed by atoms with Gasteiger partial charge in [0, 0.05) is 29.7 Å². The molecule has 3 heterocycles. The Morgan fingerprint density at radius 2 is 1.67 bits per heavy atom. The number of hydrogen-bond acceptors (Lipinski definition) is 8. The SMILES string of the molecule is CCC(C=C1OC(=O)C2=C(c3cc(O)ccc3-c3cccc(CNC4CCCCC4)c3)C3CCC12C1C2=C(CCC31)C(=C1CCC3CCCC3(C3CCNC(NC)C3)C1)OC2=O)Cc1ccccc1. The first kappa shape index (κ1) is 45.4. The Hall–Kier alpha value is -4.76. The number of allylic oxidation sites excluding steroid dienone is 5. The summed E-state index contributed by atoms with van der Waals surface area (Å²) in [5, 5.41) is 22.5. The Labute approximate surface area is 409 Å². The molecule has 3 aromatic carbocycles. The van der Waals surface area contributed by atoms with Crippen LogP contribution in [-0.2, 0) is 32.0 Å². The third-order valence-corrected chi connectivity index (χ3v) is 19.5. The van der Waals surface area contributed by atoms with Gasteiger partial charge in [0.2, 0.25) is 0 Å². The molecule has 4 saturated carbocycles. The van der Waals surface area contributed by atoms with Crippen molar-refractivity contribution in [3.05, 3.63) is 129 Å². The monoisotopic (exact) mass is 928 g/mol. The summed E-state index contributed by atoms with van der Waals surface area (Å²) in [5.74, 6) is 2.69. The molecule has 13 rings (SSSR count). The number of aromatic hydroxyl groups is 1. The van der Waals surface area contributed by atoms with Crippen LogP contribution in [0.4, 0.5) is 0 Å². The number of nitrogens with one attached hydrogen (secondary N) is 3. The predicted molar refractivity (Wildman–Crippen MR) is 271 cm³/mol. The Bertz CT molecular complexity index is 2640. The Morgan fingerprint density at radius 3 is 2.51 bits per heavy atom. The summed E-state index contributed by atoms with van der Waals surface area (Å²) >= 11 is 0. The van der Waals surface area contributed by atoms with E-state index >= 15 is 9.59 Å². The second-order valence-electron chi connectivity index (χ2n) is 22.8. The lowest BCUT2D eigenvalue weighted by Gasteiger charge is -2.56. The predicted octanol–water partition coefficient (Wildman–Crippen LogP) is 12.0. The molecule has 9 unspecified atom stereocenters. The first-order chi connectivity index (χ1) is 33.8. The summed E-state index contributed by atoms with van der Waals surface area (Å²) in [7, 11) is 2.08. The van der Waals surface area contributed by atoms with Gasteiger partial charge in [0.25, 0.3) is 0 Å². The second kappa shape index (κ2) is 18.4. The standard InChI is InChI=1S/C61H73N3O5/c1-3-37(30-38-12-6-4-7-13-38)32-51-61-28-25-47(53(56(61)59(67)68-51)50-34-45(65)21-22-46(50)40-15-10-14-39(31-40)36-64-44-17-8-5-9-18-44)48-23-24-49-54(55(48)61)58(66)69-57(49)41-19-20-42-16-11-27-60(42,35-41)43-26-29-63-52(33-43)62-2/h4,6-7,10,12-15,21-22,31-32,34,37,42-44,47-48,52,55,62-65H,3,5,8-9,11,16-20,23-30,33,35-36H2,1-2H3. The third-order valence-electron chi connectivity index (χ3n) is 19.5. The van der Waals surface area contributed by atoms with Crippen molar-refractivity contribution in [2.75, 3.05) is 13.6 Å². The average molecular weight is 928 g/mol. The minimum Gasteiger partial charge on any atom is -0.508 e. The van der Waals surface area contributed by atoms with Crippen molar-refractivity contribution in [2.24, 2.45) is 46.3 Å². The van der Waals surface area contributed by atoms with Gasteiger partial charge in [-0.25, -0.2) is 9.59 Å². The van der Waals surface area contributed by atoms with E-state index in [4.69, 9.17) is 9.47 Å². The smallest absolute Gasteiger partial charge is 0.340 e. The number of piperidine rings is 1. The summed E-state index contributed by atoms with van der Waals surface area (Å²) in [4.78, 5) is 30.3. The van der Waals surface area contributed by atoms with Crippen LogP contribution in [0, 0.1) is 46.3 Å². The minimum absolute atomic E-state index is 0.0116. The van der Waals surface area contributed by atoms with Crippen molar-refractivity contribution in [1.29, 1.82) is 0 Å². The van der Waals surface area contributed by atoms with Gasteiger partial charge in [-0.05, 0) is 208 Å². The number of phenolic OH excluding ortho intramolecular Hbond substituents is 1. The van der Waals surface area contributed by atoms with Crippen molar-refractivity contribution in [3.63, 3.8) is 0 Å². The van der Waals surface area contributed by atoms with Crippen molar-refractivity contribution >= 4 is 17.5 Å². The largest absolute Gasteiger partial charge is 0.508 e. The van der Waals surface area contributed by atoms with Crippen molar-refractivity contribution in [1.82, 2.24) is 16.0 Å². The van der Waals surface area contributed by atoms with Crippen molar-refractivity contribution < 1.29 is 24.2 Å². The highest BCUT2D eigenvalue weighted by molar-refractivity contribution is 6.07. The van der Waals surface area contributed by atoms with Crippen LogP contribution in [0.25, 0.3) is 16.7 Å². The van der Waals surface area contributed by atoms with Crippen LogP contribution in [0.1, 0.15) is 139 Å². The highest BCUT2D eigenvalue weighted by Crippen LogP contribution is 2.73. The molecule has 0 aromatic heterocycles. The Morgan fingerprint density at radius 1 is 0.812 bits per heavy atom. The molecule has 2 bridgehead atoms. The zero-order chi connectivity index (χ0) is 46.9. The number of rotatable bonds is 11. The molecule has 0 amide bonds. The van der Waals surface area contributed by atoms with E-state index in [1.54, 1.807) is 6.07 Å². The van der Waals surface area contributed by atoms with Gasteiger partial charge < -0.3 is 30.5 Å². The Kier molecular flexibility index (Phi) is 12.1. The summed E-state index contributed by atoms with van der Waals surface area (Å²) in [6, 6.07) is 25.7. The molecule has 8 nitrogen and oxygen atoms in total. The number of hydrogen-bond donors (Lipinski definition) is 4. The number of benzene rings is 3. The van der Waals surface area contributed by atoms with Gasteiger partial charge in [-0.3, -0.25) is 0 Å². The van der Waals surface area contributed by atoms with Gasteiger partial charge in [0.05, 0.1) is 17.2 Å². The van der Waals surface area contributed by atoms with Gasteiger partial charge in [0.1, 0.15) is 17.3 Å². The van der Waals surface area contributed by atoms with Gasteiger partial charge in [-0.15, -0.1) is 0 Å². The average Bonchev–Trinajstić information content (AvgIpc) is 4.07. The van der Waals surface area contributed by atoms with Crippen molar-refractivity contribution in [3.8, 4) is 16.9 Å². The van der Waals surface area contributed by atoms with Crippen LogP contribution in [0.5, 0.6) is 5.75 Å². The topological polar surface area (TPSA) is 109 Å². The summed E-state index contributed by atoms with van der Waals surface area (Å²) < 4.78 is 13.5. The lowest BCUT2D eigenvalue weighted by molar-refractivity contribution is -0.135. The molecule has 9 atom stereocenters. The normalized spacial score (nSPS) is 34.1. The molecule has 8 heteroatoms. The molecule has 6 fully saturated rings. The zero-order valence-electron chi connectivity index (χ0n) is 41.1. The molecule has 69 heavy (non-hydrogen) atoms. The molecule has 10 aliphatic rings. The third kappa shape index (κ3) is 7.72. The van der Waals surface area contributed by atoms with E-state index < -0.39 is 5.41 Å². The lowest BCUT2D eigenvalue weighted by atomic mass is 9.44. The number of esters is 2. The number of carbonyl (C=O) groups is 2. The summed E-state index contributed by atoms with van der Waals surface area (Å²) in [5.41, 5.74) is 9.95. The van der Waals surface area contributed by atoms with E-state index in [1.807, 2.05) is 12.1 Å². The zero-order valence-corrected chi connectivity index (χ0v) is 41.1. The molecule has 7 aliphatic carbocycles. The first-order valence-corrected chi connectivity index (χ1v) is 27.2. The van der Waals surface area contributed by atoms with Gasteiger partial charge in [0.15, 0.2) is 0 Å². The highest BCUT2D eigenvalue weighted by atomic mass is 16.6. The molecular formula is C61H73N3O5. The quantitative estimate of drug-likeness (QED) is 0.141. The maximum absolute atomic E-state index is 15.2. The molecule has 3 aromatic rings. The highest BCUT2D eigenvalue weighted by Gasteiger charge is 2.69. The van der Waals surface area contributed by atoms with Crippen molar-refractivity contribution in [2.45, 2.75) is 148 Å². The van der Waals surface area contributed by atoms with Gasteiger partial charge in [-0.1, -0.05) is 87.2 Å². The molecule has 3 aliphatic heterocycles. The number of phenols is 1. The molecular weight excluding hydrogens is 855 g/mol. The van der Waals surface area contributed by atoms with E-state index in [9.17, 15) is 5.11 Å². The second-order valence-corrected chi connectivity index (χ2v) is 22.8. The summed E-state index contributed by atoms with van der Waals surface area (Å²) in [6.45, 7) is 4.07. The summed E-state index contributed by atoms with van der Waals surface area (Å²) in [6.07, 6.45) is 23.4. The molecule has 0 radical (unpaired) electrons. The van der Waals surface area contributed by atoms with Crippen LogP contribution >= 0.6 is 0 Å². The fraction of sp³-hybridized carbons (Fsp3) is 0.541. The maximum atomic E-state index is 15.2. The van der Waals surface area contributed by atoms with Crippen LogP contribution in [0.15, 0.2) is 113 Å². The fourth-order valence-corrected chi connectivity index (χ4v) is 16.4. The number of fused-ring (bicyclic) bond motifs is 2.